The van der Waals surface area contributed by atoms with Crippen molar-refractivity contribution >= 4 is 34.3 Å². The van der Waals surface area contributed by atoms with Crippen molar-refractivity contribution in [1.29, 1.82) is 0 Å². The van der Waals surface area contributed by atoms with E-state index in [1.54, 1.807) is 24.4 Å². The summed E-state index contributed by atoms with van der Waals surface area (Å²) in [6, 6.07) is 30.3. The molecule has 9 nitrogen and oxygen atoms in total. The maximum atomic E-state index is 12.6. The minimum Gasteiger partial charge on any atom is -0.493 e. The smallest absolute Gasteiger partial charge is 0.343 e. The highest BCUT2D eigenvalue weighted by Gasteiger charge is 2.17. The Hall–Kier alpha value is -5.35. The Morgan fingerprint density at radius 3 is 2.35 bits per heavy atom. The molecule has 4 aromatic carbocycles. The van der Waals surface area contributed by atoms with Gasteiger partial charge in [0, 0.05) is 17.7 Å². The summed E-state index contributed by atoms with van der Waals surface area (Å²) < 4.78 is 10.8. The van der Waals surface area contributed by atoms with E-state index in [0.717, 1.165) is 27.8 Å². The normalized spacial score (nSPS) is 10.8. The van der Waals surface area contributed by atoms with E-state index in [9.17, 15) is 14.9 Å². The Balaban J connectivity index is 1.32. The summed E-state index contributed by atoms with van der Waals surface area (Å²) in [6.07, 6.45) is 1.60. The van der Waals surface area contributed by atoms with Gasteiger partial charge in [0.05, 0.1) is 34.4 Å². The lowest BCUT2D eigenvalue weighted by atomic mass is 10.1. The third kappa shape index (κ3) is 6.03. The Labute approximate surface area is 233 Å². The van der Waals surface area contributed by atoms with E-state index < -0.39 is 10.9 Å². The van der Waals surface area contributed by atoms with Gasteiger partial charge in [0.1, 0.15) is 0 Å². The zero-order chi connectivity index (χ0) is 27.9. The summed E-state index contributed by atoms with van der Waals surface area (Å²) in [4.78, 5) is 28.8. The van der Waals surface area contributed by atoms with Crippen molar-refractivity contribution in [1.82, 2.24) is 4.98 Å². The second-order valence-corrected chi connectivity index (χ2v) is 9.41. The van der Waals surface area contributed by atoms with E-state index >= 15 is 0 Å². The molecule has 1 heterocycles. The molecular weight excluding hydrogens is 528 g/mol. The molecule has 1 N–H and O–H groups in total. The number of anilines is 1. The number of thiazole rings is 1. The third-order valence-electron chi connectivity index (χ3n) is 5.77. The zero-order valence-corrected chi connectivity index (χ0v) is 22.0. The number of hydrogen-bond acceptors (Lipinski definition) is 9. The fraction of sp³-hybridized carbons (Fsp3) is 0.0333. The van der Waals surface area contributed by atoms with Gasteiger partial charge in [-0.15, -0.1) is 0 Å². The SMILES string of the molecule is COc1cc(/C=N\Nc2nc(-c3ccccc3)c(-c3ccccc3)s2)ccc1OC(=O)c1cccc([N+](=O)[O-])c1. The average Bonchev–Trinajstić information content (AvgIpc) is 3.43. The van der Waals surface area contributed by atoms with E-state index in [0.29, 0.717) is 16.4 Å². The van der Waals surface area contributed by atoms with Gasteiger partial charge in [-0.2, -0.15) is 5.10 Å². The molecule has 40 heavy (non-hydrogen) atoms. The number of hydrogen-bond donors (Lipinski definition) is 1. The molecule has 0 amide bonds. The van der Waals surface area contributed by atoms with Crippen LogP contribution >= 0.6 is 11.3 Å². The first-order valence-electron chi connectivity index (χ1n) is 12.1. The first kappa shape index (κ1) is 26.3. The highest BCUT2D eigenvalue weighted by Crippen LogP contribution is 2.39. The predicted molar refractivity (Wildman–Crippen MR) is 155 cm³/mol. The van der Waals surface area contributed by atoms with Gasteiger partial charge in [0.15, 0.2) is 11.5 Å². The Bertz CT molecular complexity index is 1630. The fourth-order valence-electron chi connectivity index (χ4n) is 3.86. The van der Waals surface area contributed by atoms with Crippen LogP contribution in [0.1, 0.15) is 15.9 Å². The summed E-state index contributed by atoms with van der Waals surface area (Å²) in [7, 11) is 1.45. The minimum atomic E-state index is -0.739. The molecule has 5 rings (SSSR count). The number of rotatable bonds is 9. The maximum Gasteiger partial charge on any atom is 0.343 e. The topological polar surface area (TPSA) is 116 Å². The summed E-state index contributed by atoms with van der Waals surface area (Å²) in [5.41, 5.74) is 6.49. The number of nitrogens with zero attached hydrogens (tertiary/aromatic N) is 3. The van der Waals surface area contributed by atoms with Crippen molar-refractivity contribution < 1.29 is 19.2 Å². The largest absolute Gasteiger partial charge is 0.493 e. The van der Waals surface area contributed by atoms with Crippen molar-refractivity contribution in [3.8, 4) is 33.2 Å². The van der Waals surface area contributed by atoms with Crippen LogP contribution < -0.4 is 14.9 Å². The molecule has 0 unspecified atom stereocenters. The van der Waals surface area contributed by atoms with Crippen LogP contribution in [0.5, 0.6) is 11.5 Å². The minimum absolute atomic E-state index is 0.0549. The van der Waals surface area contributed by atoms with Crippen molar-refractivity contribution in [2.24, 2.45) is 5.10 Å². The van der Waals surface area contributed by atoms with Crippen LogP contribution in [0.3, 0.4) is 0 Å². The van der Waals surface area contributed by atoms with Crippen LogP contribution in [0.25, 0.3) is 21.7 Å². The summed E-state index contributed by atoms with van der Waals surface area (Å²) in [5.74, 6) is -0.268. The number of ether oxygens (including phenoxy) is 2. The van der Waals surface area contributed by atoms with E-state index in [1.165, 1.54) is 36.6 Å². The molecule has 0 fully saturated rings. The van der Waals surface area contributed by atoms with Crippen LogP contribution in [-0.2, 0) is 0 Å². The standard InChI is InChI=1S/C30H22N4O5S/c1-38-26-17-20(15-16-25(26)39-29(35)23-13-8-14-24(18-23)34(36)37)19-31-33-30-32-27(21-9-4-2-5-10-21)28(40-30)22-11-6-3-7-12-22/h2-19H,1H3,(H,32,33)/b31-19-. The van der Waals surface area contributed by atoms with E-state index in [1.807, 2.05) is 60.7 Å². The van der Waals surface area contributed by atoms with Crippen LogP contribution in [-0.4, -0.2) is 29.2 Å². The van der Waals surface area contributed by atoms with Gasteiger partial charge in [-0.25, -0.2) is 9.78 Å². The second-order valence-electron chi connectivity index (χ2n) is 8.41. The van der Waals surface area contributed by atoms with Gasteiger partial charge >= 0.3 is 5.97 Å². The first-order chi connectivity index (χ1) is 19.5. The van der Waals surface area contributed by atoms with E-state index in [2.05, 4.69) is 10.5 Å². The van der Waals surface area contributed by atoms with E-state index in [4.69, 9.17) is 14.5 Å². The molecule has 0 aliphatic carbocycles. The maximum absolute atomic E-state index is 12.6. The third-order valence-corrected chi connectivity index (χ3v) is 6.78. The lowest BCUT2D eigenvalue weighted by Crippen LogP contribution is -2.09. The Morgan fingerprint density at radius 2 is 1.65 bits per heavy atom. The molecule has 0 radical (unpaired) electrons. The van der Waals surface area contributed by atoms with Crippen molar-refractivity contribution in [2.75, 3.05) is 12.5 Å². The lowest BCUT2D eigenvalue weighted by Gasteiger charge is -2.10. The molecule has 1 aromatic heterocycles. The predicted octanol–water partition coefficient (Wildman–Crippen LogP) is 7.06. The quantitative estimate of drug-likeness (QED) is 0.0687. The number of aromatic nitrogens is 1. The number of esters is 1. The number of carbonyl (C=O) groups is 1. The Morgan fingerprint density at radius 1 is 0.925 bits per heavy atom. The summed E-state index contributed by atoms with van der Waals surface area (Å²) >= 11 is 1.50. The van der Waals surface area contributed by atoms with Crippen LogP contribution in [0, 0.1) is 10.1 Å². The zero-order valence-electron chi connectivity index (χ0n) is 21.2. The van der Waals surface area contributed by atoms with Crippen molar-refractivity contribution in [3.63, 3.8) is 0 Å². The number of carbonyl (C=O) groups excluding carboxylic acids is 1. The summed E-state index contributed by atoms with van der Waals surface area (Å²) in [5, 5.41) is 16.0. The van der Waals surface area contributed by atoms with Gasteiger partial charge in [-0.1, -0.05) is 78.1 Å². The molecular formula is C30H22N4O5S. The molecule has 0 spiro atoms. The lowest BCUT2D eigenvalue weighted by molar-refractivity contribution is -0.384. The van der Waals surface area contributed by atoms with Gasteiger partial charge in [0.2, 0.25) is 5.13 Å². The number of nitro groups is 1. The molecule has 0 aliphatic heterocycles. The molecule has 0 saturated heterocycles. The number of benzene rings is 4. The second kappa shape index (κ2) is 12.0. The highest BCUT2D eigenvalue weighted by molar-refractivity contribution is 7.19. The molecule has 198 valence electrons. The number of nitro benzene ring substituents is 1. The number of non-ortho nitro benzene ring substituents is 1. The van der Waals surface area contributed by atoms with E-state index in [-0.39, 0.29) is 17.0 Å². The summed E-state index contributed by atoms with van der Waals surface area (Å²) in [6.45, 7) is 0. The van der Waals surface area contributed by atoms with Gasteiger partial charge < -0.3 is 9.47 Å². The van der Waals surface area contributed by atoms with Crippen molar-refractivity contribution in [3.05, 3.63) is 124 Å². The first-order valence-corrected chi connectivity index (χ1v) is 12.9. The van der Waals surface area contributed by atoms with Crippen LogP contribution in [0.4, 0.5) is 10.8 Å². The number of nitrogens with one attached hydrogen (secondary N) is 1. The molecule has 0 saturated carbocycles. The average molecular weight is 551 g/mol. The van der Waals surface area contributed by atoms with Crippen LogP contribution in [0.15, 0.2) is 108 Å². The van der Waals surface area contributed by atoms with Crippen molar-refractivity contribution in [2.45, 2.75) is 0 Å². The highest BCUT2D eigenvalue weighted by atomic mass is 32.1. The molecule has 0 aliphatic rings. The van der Waals surface area contributed by atoms with Crippen LogP contribution in [0.2, 0.25) is 0 Å². The number of methoxy groups -OCH3 is 1. The van der Waals surface area contributed by atoms with Gasteiger partial charge in [0.25, 0.3) is 5.69 Å². The Kier molecular flexibility index (Phi) is 7.89. The molecule has 0 bridgehead atoms. The van der Waals surface area contributed by atoms with Gasteiger partial charge in [-0.3, -0.25) is 15.5 Å². The molecule has 0 atom stereocenters. The molecule has 10 heteroatoms. The molecule has 5 aromatic rings. The number of hydrazone groups is 1. The van der Waals surface area contributed by atoms with Gasteiger partial charge in [-0.05, 0) is 35.4 Å². The fourth-order valence-corrected chi connectivity index (χ4v) is 4.80. The monoisotopic (exact) mass is 550 g/mol.